The van der Waals surface area contributed by atoms with E-state index in [1.54, 1.807) is 31.3 Å². The highest BCUT2D eigenvalue weighted by Crippen LogP contribution is 2.40. The lowest BCUT2D eigenvalue weighted by atomic mass is 9.94. The Morgan fingerprint density at radius 1 is 0.964 bits per heavy atom. The van der Waals surface area contributed by atoms with Gasteiger partial charge in [-0.2, -0.15) is 0 Å². The van der Waals surface area contributed by atoms with E-state index in [9.17, 15) is 13.2 Å². The summed E-state index contributed by atoms with van der Waals surface area (Å²) in [6, 6.07) is 15.2. The number of hydrogen-bond acceptors (Lipinski definition) is 3. The van der Waals surface area contributed by atoms with Gasteiger partial charge in [0.25, 0.3) is 5.91 Å². The van der Waals surface area contributed by atoms with Gasteiger partial charge in [0.2, 0.25) is 10.0 Å². The van der Waals surface area contributed by atoms with Crippen LogP contribution in [0, 0.1) is 11.8 Å². The lowest BCUT2D eigenvalue weighted by Crippen LogP contribution is -2.42. The summed E-state index contributed by atoms with van der Waals surface area (Å²) >= 11 is 0. The third kappa shape index (κ3) is 3.98. The van der Waals surface area contributed by atoms with E-state index in [2.05, 4.69) is 34.3 Å². The average Bonchev–Trinajstić information content (AvgIpc) is 2.94. The second-order valence-electron chi connectivity index (χ2n) is 7.95. The van der Waals surface area contributed by atoms with E-state index >= 15 is 0 Å². The molecule has 28 heavy (non-hydrogen) atoms. The van der Waals surface area contributed by atoms with Crippen molar-refractivity contribution < 1.29 is 13.2 Å². The maximum absolute atomic E-state index is 12.9. The molecule has 148 valence electrons. The number of rotatable bonds is 5. The van der Waals surface area contributed by atoms with Gasteiger partial charge >= 0.3 is 0 Å². The summed E-state index contributed by atoms with van der Waals surface area (Å²) in [5.74, 6) is 0.476. The predicted octanol–water partition coefficient (Wildman–Crippen LogP) is 2.66. The monoisotopic (exact) mass is 398 g/mol. The summed E-state index contributed by atoms with van der Waals surface area (Å²) < 4.78 is 28.7. The van der Waals surface area contributed by atoms with Gasteiger partial charge in [-0.05, 0) is 66.3 Å². The highest BCUT2D eigenvalue weighted by atomic mass is 32.2. The molecule has 2 aromatic rings. The van der Waals surface area contributed by atoms with E-state index in [4.69, 9.17) is 0 Å². The van der Waals surface area contributed by atoms with Crippen molar-refractivity contribution in [2.75, 3.05) is 7.05 Å². The first-order chi connectivity index (χ1) is 13.4. The minimum absolute atomic E-state index is 0.00235. The minimum atomic E-state index is -3.45. The van der Waals surface area contributed by atoms with Crippen molar-refractivity contribution in [3.63, 3.8) is 0 Å². The SMILES string of the molecule is CNC(=O)c1ccc(CS(=O)(=O)NC2C3CCC2Cc2ccccc2C3)cc1. The first-order valence-electron chi connectivity index (χ1n) is 9.83. The van der Waals surface area contributed by atoms with Gasteiger partial charge in [0.05, 0.1) is 5.75 Å². The molecule has 1 amide bonds. The second-order valence-corrected chi connectivity index (χ2v) is 9.71. The molecule has 1 fully saturated rings. The maximum atomic E-state index is 12.9. The van der Waals surface area contributed by atoms with Gasteiger partial charge in [-0.3, -0.25) is 4.79 Å². The fourth-order valence-corrected chi connectivity index (χ4v) is 6.22. The number of carbonyl (C=O) groups excluding carboxylic acids is 1. The van der Waals surface area contributed by atoms with Crippen molar-refractivity contribution in [3.8, 4) is 0 Å². The summed E-state index contributed by atoms with van der Waals surface area (Å²) in [6.07, 6.45) is 4.04. The molecule has 0 spiro atoms. The van der Waals surface area contributed by atoms with Crippen LogP contribution in [0.3, 0.4) is 0 Å². The van der Waals surface area contributed by atoms with Crippen LogP contribution < -0.4 is 10.0 Å². The molecule has 2 bridgehead atoms. The Morgan fingerprint density at radius 3 is 2.07 bits per heavy atom. The van der Waals surface area contributed by atoms with Crippen LogP contribution in [-0.2, 0) is 28.6 Å². The fourth-order valence-electron chi connectivity index (χ4n) is 4.71. The van der Waals surface area contributed by atoms with E-state index in [0.29, 0.717) is 23.0 Å². The number of sulfonamides is 1. The molecule has 2 unspecified atom stereocenters. The highest BCUT2D eigenvalue weighted by molar-refractivity contribution is 7.88. The summed E-state index contributed by atoms with van der Waals surface area (Å²) in [7, 11) is -1.88. The maximum Gasteiger partial charge on any atom is 0.251 e. The van der Waals surface area contributed by atoms with Crippen LogP contribution >= 0.6 is 0 Å². The van der Waals surface area contributed by atoms with Crippen molar-refractivity contribution in [1.29, 1.82) is 0 Å². The number of fused-ring (bicyclic) bond motifs is 3. The Morgan fingerprint density at radius 2 is 1.54 bits per heavy atom. The molecule has 0 aliphatic heterocycles. The van der Waals surface area contributed by atoms with Gasteiger partial charge in [-0.15, -0.1) is 0 Å². The summed E-state index contributed by atoms with van der Waals surface area (Å²) in [4.78, 5) is 11.6. The molecule has 2 atom stereocenters. The Hall–Kier alpha value is -2.18. The summed E-state index contributed by atoms with van der Waals surface area (Å²) in [6.45, 7) is 0. The van der Waals surface area contributed by atoms with Crippen molar-refractivity contribution >= 4 is 15.9 Å². The van der Waals surface area contributed by atoms with Crippen LogP contribution in [0.2, 0.25) is 0 Å². The first-order valence-corrected chi connectivity index (χ1v) is 11.5. The van der Waals surface area contributed by atoms with Crippen molar-refractivity contribution in [3.05, 3.63) is 70.8 Å². The standard InChI is InChI=1S/C22H26N2O3S/c1-23-22(25)16-8-6-15(7-9-16)14-28(26,27)24-21-19-10-11-20(21)13-18-5-3-2-4-17(18)12-19/h2-9,19-21,24H,10-14H2,1H3,(H,23,25). The van der Waals surface area contributed by atoms with Gasteiger partial charge in [0, 0.05) is 18.7 Å². The quantitative estimate of drug-likeness (QED) is 0.813. The molecule has 0 heterocycles. The molecule has 5 nitrogen and oxygen atoms in total. The zero-order valence-corrected chi connectivity index (χ0v) is 16.8. The molecule has 1 saturated carbocycles. The molecule has 2 aliphatic rings. The zero-order valence-electron chi connectivity index (χ0n) is 16.0. The Kier molecular flexibility index (Phi) is 5.25. The normalized spacial score (nSPS) is 23.7. The second kappa shape index (κ2) is 7.68. The summed E-state index contributed by atoms with van der Waals surface area (Å²) in [5, 5.41) is 2.56. The number of hydrogen-bond donors (Lipinski definition) is 2. The number of amides is 1. The lowest BCUT2D eigenvalue weighted by molar-refractivity contribution is 0.0963. The van der Waals surface area contributed by atoms with Crippen LogP contribution in [0.5, 0.6) is 0 Å². The highest BCUT2D eigenvalue weighted by Gasteiger charge is 2.40. The number of nitrogens with one attached hydrogen (secondary N) is 2. The van der Waals surface area contributed by atoms with E-state index in [-0.39, 0.29) is 17.7 Å². The molecule has 2 aromatic carbocycles. The number of benzene rings is 2. The van der Waals surface area contributed by atoms with Crippen LogP contribution in [-0.4, -0.2) is 27.4 Å². The molecule has 0 saturated heterocycles. The van der Waals surface area contributed by atoms with Gasteiger partial charge in [-0.25, -0.2) is 13.1 Å². The van der Waals surface area contributed by atoms with Gasteiger partial charge in [-0.1, -0.05) is 36.4 Å². The number of carbonyl (C=O) groups is 1. The van der Waals surface area contributed by atoms with E-state index < -0.39 is 10.0 Å². The molecule has 2 N–H and O–H groups in total. The largest absolute Gasteiger partial charge is 0.355 e. The van der Waals surface area contributed by atoms with E-state index in [1.807, 2.05) is 0 Å². The van der Waals surface area contributed by atoms with E-state index in [1.165, 1.54) is 11.1 Å². The van der Waals surface area contributed by atoms with Crippen molar-refractivity contribution in [1.82, 2.24) is 10.0 Å². The fraction of sp³-hybridized carbons (Fsp3) is 0.409. The Bertz CT molecular complexity index is 937. The molecular formula is C22H26N2O3S. The van der Waals surface area contributed by atoms with Crippen LogP contribution in [0.4, 0.5) is 0 Å². The smallest absolute Gasteiger partial charge is 0.251 e. The van der Waals surface area contributed by atoms with Gasteiger partial charge < -0.3 is 5.32 Å². The zero-order chi connectivity index (χ0) is 19.7. The Labute approximate surface area is 166 Å². The topological polar surface area (TPSA) is 75.3 Å². The first kappa shape index (κ1) is 19.2. The minimum Gasteiger partial charge on any atom is -0.355 e. The molecule has 4 rings (SSSR count). The lowest BCUT2D eigenvalue weighted by Gasteiger charge is -2.23. The molecule has 2 aliphatic carbocycles. The van der Waals surface area contributed by atoms with Crippen LogP contribution in [0.25, 0.3) is 0 Å². The molecular weight excluding hydrogens is 372 g/mol. The van der Waals surface area contributed by atoms with Crippen LogP contribution in [0.15, 0.2) is 48.5 Å². The molecule has 0 radical (unpaired) electrons. The van der Waals surface area contributed by atoms with Crippen molar-refractivity contribution in [2.45, 2.75) is 37.5 Å². The third-order valence-corrected chi connectivity index (χ3v) is 7.47. The average molecular weight is 399 g/mol. The van der Waals surface area contributed by atoms with Crippen molar-refractivity contribution in [2.24, 2.45) is 11.8 Å². The van der Waals surface area contributed by atoms with Crippen LogP contribution in [0.1, 0.15) is 39.9 Å². The predicted molar refractivity (Wildman–Crippen MR) is 109 cm³/mol. The summed E-state index contributed by atoms with van der Waals surface area (Å²) in [5.41, 5.74) is 3.94. The van der Waals surface area contributed by atoms with Gasteiger partial charge in [0.15, 0.2) is 0 Å². The van der Waals surface area contributed by atoms with Gasteiger partial charge in [0.1, 0.15) is 0 Å². The third-order valence-electron chi connectivity index (χ3n) is 6.12. The molecule has 6 heteroatoms. The Balaban J connectivity index is 1.47. The van der Waals surface area contributed by atoms with E-state index in [0.717, 1.165) is 25.7 Å². The molecule has 0 aromatic heterocycles.